The van der Waals surface area contributed by atoms with Gasteiger partial charge in [-0.25, -0.2) is 9.18 Å². The van der Waals surface area contributed by atoms with E-state index in [2.05, 4.69) is 6.07 Å². The van der Waals surface area contributed by atoms with Crippen molar-refractivity contribution in [2.24, 2.45) is 5.73 Å². The van der Waals surface area contributed by atoms with Crippen molar-refractivity contribution >= 4 is 16.9 Å². The predicted molar refractivity (Wildman–Crippen MR) is 128 cm³/mol. The fourth-order valence-corrected chi connectivity index (χ4v) is 4.35. The van der Waals surface area contributed by atoms with Gasteiger partial charge in [-0.1, -0.05) is 18.2 Å². The molecule has 2 heterocycles. The first kappa shape index (κ1) is 22.2. The van der Waals surface area contributed by atoms with Crippen LogP contribution in [0.5, 0.6) is 11.5 Å². The molecule has 35 heavy (non-hydrogen) atoms. The molecule has 0 bridgehead atoms. The number of carbonyl (C=O) groups excluding carboxylic acids is 1. The molecular weight excluding hydrogens is 447 g/mol. The summed E-state index contributed by atoms with van der Waals surface area (Å²) in [6, 6.07) is 16.7. The molecule has 0 amide bonds. The Morgan fingerprint density at radius 1 is 1.09 bits per heavy atom. The first-order valence-corrected chi connectivity index (χ1v) is 11.0. The van der Waals surface area contributed by atoms with E-state index in [-0.39, 0.29) is 23.0 Å². The lowest BCUT2D eigenvalue weighted by Crippen LogP contribution is -2.21. The Morgan fingerprint density at radius 2 is 1.86 bits per heavy atom. The van der Waals surface area contributed by atoms with Gasteiger partial charge in [-0.05, 0) is 67.8 Å². The van der Waals surface area contributed by atoms with E-state index in [1.54, 1.807) is 24.3 Å². The van der Waals surface area contributed by atoms with E-state index in [4.69, 9.17) is 19.6 Å². The Kier molecular flexibility index (Phi) is 5.29. The number of rotatable bonds is 3. The van der Waals surface area contributed by atoms with Crippen LogP contribution in [0, 0.1) is 37.9 Å². The van der Waals surface area contributed by atoms with Crippen LogP contribution in [0.3, 0.4) is 0 Å². The highest BCUT2D eigenvalue weighted by molar-refractivity contribution is 5.97. The van der Waals surface area contributed by atoms with Gasteiger partial charge in [-0.2, -0.15) is 5.26 Å². The number of allylic oxidation sites excluding steroid dienone is 1. The highest BCUT2D eigenvalue weighted by Crippen LogP contribution is 2.43. The quantitative estimate of drug-likeness (QED) is 0.295. The number of nitrogens with zero attached hydrogens (tertiary/aromatic N) is 1. The topological polar surface area (TPSA) is 98.5 Å². The number of nitrogens with two attached hydrogens (primary N) is 1. The number of esters is 1. The highest BCUT2D eigenvalue weighted by atomic mass is 19.1. The van der Waals surface area contributed by atoms with Crippen LogP contribution in [0.4, 0.5) is 4.39 Å². The molecule has 0 aliphatic carbocycles. The van der Waals surface area contributed by atoms with E-state index in [1.165, 1.54) is 18.2 Å². The van der Waals surface area contributed by atoms with E-state index in [0.29, 0.717) is 28.0 Å². The number of fused-ring (bicyclic) bond motifs is 2. The van der Waals surface area contributed by atoms with Crippen molar-refractivity contribution in [3.05, 3.63) is 105 Å². The molecule has 0 spiro atoms. The standard InChI is InChI=1S/C28H21FN2O4/c1-14-9-21-16(3)26(34-23(21)10-15(14)2)28(32)33-19-7-8-20-24(12-19)35-27(31)22(13-30)25(20)17-5-4-6-18(29)11-17/h4-12,25H,31H2,1-3H3. The predicted octanol–water partition coefficient (Wildman–Crippen LogP) is 5.93. The molecule has 4 aromatic rings. The maximum Gasteiger partial charge on any atom is 0.379 e. The van der Waals surface area contributed by atoms with Gasteiger partial charge in [0.1, 0.15) is 34.5 Å². The minimum absolute atomic E-state index is 0.0865. The second kappa shape index (κ2) is 8.33. The molecular formula is C28H21FN2O4. The fourth-order valence-electron chi connectivity index (χ4n) is 4.35. The molecule has 174 valence electrons. The summed E-state index contributed by atoms with van der Waals surface area (Å²) in [5, 5.41) is 10.5. The van der Waals surface area contributed by atoms with E-state index < -0.39 is 17.7 Å². The Morgan fingerprint density at radius 3 is 2.60 bits per heavy atom. The molecule has 5 rings (SSSR count). The van der Waals surface area contributed by atoms with E-state index in [0.717, 1.165) is 16.5 Å². The summed E-state index contributed by atoms with van der Waals surface area (Å²) in [7, 11) is 0. The molecule has 7 heteroatoms. The fraction of sp³-hybridized carbons (Fsp3) is 0.143. The number of halogens is 1. The smallest absolute Gasteiger partial charge is 0.379 e. The number of aryl methyl sites for hydroxylation is 3. The van der Waals surface area contributed by atoms with E-state index in [9.17, 15) is 14.4 Å². The number of furan rings is 1. The minimum atomic E-state index is -0.646. The lowest BCUT2D eigenvalue weighted by atomic mass is 9.83. The van der Waals surface area contributed by atoms with Crippen LogP contribution >= 0.6 is 0 Å². The van der Waals surface area contributed by atoms with Gasteiger partial charge in [0.2, 0.25) is 11.6 Å². The van der Waals surface area contributed by atoms with Crippen molar-refractivity contribution in [1.82, 2.24) is 0 Å². The molecule has 1 unspecified atom stereocenters. The molecule has 1 aliphatic heterocycles. The zero-order chi connectivity index (χ0) is 24.9. The van der Waals surface area contributed by atoms with E-state index >= 15 is 0 Å². The summed E-state index contributed by atoms with van der Waals surface area (Å²) in [6.45, 7) is 5.79. The molecule has 3 aromatic carbocycles. The zero-order valence-corrected chi connectivity index (χ0v) is 19.3. The Labute approximate surface area is 201 Å². The van der Waals surface area contributed by atoms with Crippen molar-refractivity contribution in [3.63, 3.8) is 0 Å². The van der Waals surface area contributed by atoms with Crippen LogP contribution in [-0.4, -0.2) is 5.97 Å². The average Bonchev–Trinajstić information content (AvgIpc) is 3.13. The third-order valence-corrected chi connectivity index (χ3v) is 6.32. The highest BCUT2D eigenvalue weighted by Gasteiger charge is 2.31. The normalized spacial score (nSPS) is 14.9. The number of ether oxygens (including phenoxy) is 2. The summed E-state index contributed by atoms with van der Waals surface area (Å²) in [6.07, 6.45) is 0. The molecule has 2 N–H and O–H groups in total. The summed E-state index contributed by atoms with van der Waals surface area (Å²) < 4.78 is 31.0. The van der Waals surface area contributed by atoms with Crippen LogP contribution in [0.2, 0.25) is 0 Å². The third-order valence-electron chi connectivity index (χ3n) is 6.32. The maximum absolute atomic E-state index is 13.9. The average molecular weight is 468 g/mol. The second-order valence-corrected chi connectivity index (χ2v) is 8.56. The first-order chi connectivity index (χ1) is 16.8. The molecule has 0 saturated heterocycles. The number of benzene rings is 3. The second-order valence-electron chi connectivity index (χ2n) is 8.56. The maximum atomic E-state index is 13.9. The summed E-state index contributed by atoms with van der Waals surface area (Å²) in [5.41, 5.74) is 10.8. The summed E-state index contributed by atoms with van der Waals surface area (Å²) in [5.74, 6) is -1.13. The van der Waals surface area contributed by atoms with Crippen molar-refractivity contribution in [3.8, 4) is 17.6 Å². The Hall–Kier alpha value is -4.57. The number of nitriles is 1. The van der Waals surface area contributed by atoms with Crippen LogP contribution in [0.25, 0.3) is 11.0 Å². The van der Waals surface area contributed by atoms with Gasteiger partial charge in [0.15, 0.2) is 0 Å². The van der Waals surface area contributed by atoms with Gasteiger partial charge >= 0.3 is 5.97 Å². The largest absolute Gasteiger partial charge is 0.449 e. The van der Waals surface area contributed by atoms with Crippen LogP contribution in [0.15, 0.2) is 70.5 Å². The number of hydrogen-bond donors (Lipinski definition) is 1. The van der Waals surface area contributed by atoms with Gasteiger partial charge in [-0.3, -0.25) is 0 Å². The van der Waals surface area contributed by atoms with Gasteiger partial charge < -0.3 is 19.6 Å². The Bertz CT molecular complexity index is 1590. The number of carbonyl (C=O) groups is 1. The summed E-state index contributed by atoms with van der Waals surface area (Å²) >= 11 is 0. The molecule has 0 saturated carbocycles. The Balaban J connectivity index is 1.50. The summed E-state index contributed by atoms with van der Waals surface area (Å²) in [4.78, 5) is 13.0. The van der Waals surface area contributed by atoms with Crippen molar-refractivity contribution in [2.45, 2.75) is 26.7 Å². The monoisotopic (exact) mass is 468 g/mol. The zero-order valence-electron chi connectivity index (χ0n) is 19.3. The van der Waals surface area contributed by atoms with Crippen molar-refractivity contribution in [2.75, 3.05) is 0 Å². The lowest BCUT2D eigenvalue weighted by molar-refractivity contribution is 0.0702. The first-order valence-electron chi connectivity index (χ1n) is 11.0. The molecule has 1 aromatic heterocycles. The molecule has 6 nitrogen and oxygen atoms in total. The SMILES string of the molecule is Cc1cc2oc(C(=O)Oc3ccc4c(c3)OC(N)=C(C#N)C4c3cccc(F)c3)c(C)c2cc1C. The van der Waals surface area contributed by atoms with Gasteiger partial charge in [0.05, 0.1) is 5.92 Å². The molecule has 0 radical (unpaired) electrons. The number of hydrogen-bond acceptors (Lipinski definition) is 6. The van der Waals surface area contributed by atoms with Crippen LogP contribution < -0.4 is 15.2 Å². The van der Waals surface area contributed by atoms with Gasteiger partial charge in [0, 0.05) is 22.6 Å². The van der Waals surface area contributed by atoms with Crippen LogP contribution in [0.1, 0.15) is 44.3 Å². The minimum Gasteiger partial charge on any atom is -0.449 e. The van der Waals surface area contributed by atoms with Crippen LogP contribution in [-0.2, 0) is 0 Å². The van der Waals surface area contributed by atoms with Gasteiger partial charge in [-0.15, -0.1) is 0 Å². The lowest BCUT2D eigenvalue weighted by Gasteiger charge is -2.26. The van der Waals surface area contributed by atoms with E-state index in [1.807, 2.05) is 32.9 Å². The van der Waals surface area contributed by atoms with Gasteiger partial charge in [0.25, 0.3) is 0 Å². The molecule has 0 fully saturated rings. The molecule has 1 aliphatic rings. The third kappa shape index (κ3) is 3.79. The molecule has 1 atom stereocenters. The van der Waals surface area contributed by atoms with Crippen molar-refractivity contribution in [1.29, 1.82) is 5.26 Å². The van der Waals surface area contributed by atoms with Crippen molar-refractivity contribution < 1.29 is 23.1 Å².